The molecule has 1 aliphatic heterocycles. The third-order valence-electron chi connectivity index (χ3n) is 5.27. The maximum absolute atomic E-state index is 13.2. The molecule has 9 heteroatoms. The number of hydrogen-bond acceptors (Lipinski definition) is 8. The first-order chi connectivity index (χ1) is 15.2. The van der Waals surface area contributed by atoms with Crippen LogP contribution in [0.5, 0.6) is 0 Å². The largest absolute Gasteiger partial charge is 0.507 e. The van der Waals surface area contributed by atoms with Crippen LogP contribution in [-0.4, -0.2) is 34.9 Å². The number of benzene rings is 1. The van der Waals surface area contributed by atoms with Crippen molar-refractivity contribution >= 4 is 51.2 Å². The fourth-order valence-corrected chi connectivity index (χ4v) is 5.48. The number of anilines is 1. The number of ketones is 1. The molecule has 32 heavy (non-hydrogen) atoms. The number of carbonyl (C=O) groups excluding carboxylic acids is 3. The Morgan fingerprint density at radius 1 is 1.19 bits per heavy atom. The number of hydrogen-bond donors (Lipinski definition) is 1. The molecule has 1 aliphatic rings. The molecular weight excluding hydrogens is 448 g/mol. The summed E-state index contributed by atoms with van der Waals surface area (Å²) in [5.74, 6) is -2.40. The van der Waals surface area contributed by atoms with E-state index in [-0.39, 0.29) is 21.3 Å². The van der Waals surface area contributed by atoms with E-state index >= 15 is 0 Å². The van der Waals surface area contributed by atoms with Crippen molar-refractivity contribution in [2.75, 3.05) is 12.0 Å². The maximum atomic E-state index is 13.2. The lowest BCUT2D eigenvalue weighted by Gasteiger charge is -2.21. The Morgan fingerprint density at radius 2 is 1.94 bits per heavy atom. The standard InChI is InChI=1S/C23H20N2O5S2/c1-11-7-8-12(2)14(10-11)18(26)16-17(15-6-5-9-31-15)25(21(28)19(16)27)23-24-13(3)20(32-23)22(29)30-4/h5-10,17,26H,1-4H3/t17-/m0/s1. The number of esters is 1. The minimum Gasteiger partial charge on any atom is -0.507 e. The molecule has 164 valence electrons. The van der Waals surface area contributed by atoms with Crippen LogP contribution in [0.1, 0.15) is 43.0 Å². The molecule has 0 aliphatic carbocycles. The van der Waals surface area contributed by atoms with Crippen molar-refractivity contribution in [3.8, 4) is 0 Å². The Labute approximate surface area is 192 Å². The van der Waals surface area contributed by atoms with Gasteiger partial charge in [-0.2, -0.15) is 0 Å². The summed E-state index contributed by atoms with van der Waals surface area (Å²) < 4.78 is 4.80. The summed E-state index contributed by atoms with van der Waals surface area (Å²) in [5.41, 5.74) is 2.59. The summed E-state index contributed by atoms with van der Waals surface area (Å²) in [6, 6.07) is 8.30. The van der Waals surface area contributed by atoms with E-state index in [1.54, 1.807) is 19.1 Å². The second kappa shape index (κ2) is 8.33. The highest BCUT2D eigenvalue weighted by molar-refractivity contribution is 7.18. The van der Waals surface area contributed by atoms with Gasteiger partial charge in [-0.15, -0.1) is 11.3 Å². The van der Waals surface area contributed by atoms with Gasteiger partial charge in [0.15, 0.2) is 5.13 Å². The zero-order valence-electron chi connectivity index (χ0n) is 17.8. The van der Waals surface area contributed by atoms with Gasteiger partial charge < -0.3 is 9.84 Å². The number of rotatable bonds is 4. The SMILES string of the molecule is COC(=O)c1sc(N2C(=O)C(=O)C(=C(O)c3cc(C)ccc3C)[C@@H]2c2cccs2)nc1C. The molecule has 3 heterocycles. The minimum absolute atomic E-state index is 0.00128. The lowest BCUT2D eigenvalue weighted by Crippen LogP contribution is -2.29. The van der Waals surface area contributed by atoms with Crippen molar-refractivity contribution in [2.45, 2.75) is 26.8 Å². The Kier molecular flexibility index (Phi) is 5.70. The second-order valence-corrected chi connectivity index (χ2v) is 9.36. The highest BCUT2D eigenvalue weighted by atomic mass is 32.1. The van der Waals surface area contributed by atoms with E-state index in [1.165, 1.54) is 23.3 Å². The molecule has 1 fully saturated rings. The first-order valence-electron chi connectivity index (χ1n) is 9.72. The number of nitrogens with zero attached hydrogens (tertiary/aromatic N) is 2. The molecule has 2 aromatic heterocycles. The van der Waals surface area contributed by atoms with Crippen LogP contribution in [0.15, 0.2) is 41.3 Å². The first kappa shape index (κ1) is 21.9. The molecule has 1 saturated heterocycles. The van der Waals surface area contributed by atoms with Crippen LogP contribution >= 0.6 is 22.7 Å². The van der Waals surface area contributed by atoms with Gasteiger partial charge in [0.05, 0.1) is 18.4 Å². The van der Waals surface area contributed by atoms with E-state index in [4.69, 9.17) is 4.74 Å². The molecule has 0 radical (unpaired) electrons. The van der Waals surface area contributed by atoms with Crippen molar-refractivity contribution in [2.24, 2.45) is 0 Å². The van der Waals surface area contributed by atoms with Gasteiger partial charge in [0.2, 0.25) is 0 Å². The van der Waals surface area contributed by atoms with Crippen LogP contribution in [0, 0.1) is 20.8 Å². The van der Waals surface area contributed by atoms with Crippen LogP contribution in [0.4, 0.5) is 5.13 Å². The average Bonchev–Trinajstić information content (AvgIpc) is 3.48. The summed E-state index contributed by atoms with van der Waals surface area (Å²) in [4.78, 5) is 45.0. The van der Waals surface area contributed by atoms with Crippen molar-refractivity contribution < 1.29 is 24.2 Å². The molecule has 1 aromatic carbocycles. The number of methoxy groups -OCH3 is 1. The number of aromatic nitrogens is 1. The van der Waals surface area contributed by atoms with Gasteiger partial charge in [0.1, 0.15) is 16.7 Å². The summed E-state index contributed by atoms with van der Waals surface area (Å²) in [7, 11) is 1.27. The topological polar surface area (TPSA) is 96.8 Å². The number of amides is 1. The number of thiazole rings is 1. The lowest BCUT2D eigenvalue weighted by molar-refractivity contribution is -0.132. The van der Waals surface area contributed by atoms with Gasteiger partial charge in [-0.25, -0.2) is 9.78 Å². The summed E-state index contributed by atoms with van der Waals surface area (Å²) in [5, 5.41) is 13.3. The summed E-state index contributed by atoms with van der Waals surface area (Å²) in [6.45, 7) is 5.36. The van der Waals surface area contributed by atoms with E-state index in [1.807, 2.05) is 37.4 Å². The molecule has 1 amide bonds. The van der Waals surface area contributed by atoms with Gasteiger partial charge in [-0.3, -0.25) is 14.5 Å². The smallest absolute Gasteiger partial charge is 0.350 e. The molecule has 0 spiro atoms. The fraction of sp³-hybridized carbons (Fsp3) is 0.217. The van der Waals surface area contributed by atoms with Gasteiger partial charge in [0.25, 0.3) is 5.78 Å². The number of thiophene rings is 1. The second-order valence-electron chi connectivity index (χ2n) is 7.41. The van der Waals surface area contributed by atoms with E-state index < -0.39 is 23.7 Å². The Bertz CT molecular complexity index is 1270. The van der Waals surface area contributed by atoms with Crippen LogP contribution in [0.3, 0.4) is 0 Å². The molecule has 0 unspecified atom stereocenters. The van der Waals surface area contributed by atoms with E-state index in [0.29, 0.717) is 16.1 Å². The van der Waals surface area contributed by atoms with Gasteiger partial charge in [0, 0.05) is 10.4 Å². The first-order valence-corrected chi connectivity index (χ1v) is 11.4. The number of aliphatic hydroxyl groups excluding tert-OH is 1. The van der Waals surface area contributed by atoms with Gasteiger partial charge >= 0.3 is 11.9 Å². The molecule has 7 nitrogen and oxygen atoms in total. The zero-order valence-corrected chi connectivity index (χ0v) is 19.5. The lowest BCUT2D eigenvalue weighted by atomic mass is 9.96. The van der Waals surface area contributed by atoms with Crippen LogP contribution < -0.4 is 4.90 Å². The zero-order chi connectivity index (χ0) is 23.2. The Hall–Kier alpha value is -3.30. The molecule has 0 saturated carbocycles. The molecule has 3 aromatic rings. The van der Waals surface area contributed by atoms with E-state index in [2.05, 4.69) is 4.98 Å². The highest BCUT2D eigenvalue weighted by Gasteiger charge is 2.49. The monoisotopic (exact) mass is 468 g/mol. The molecule has 1 N–H and O–H groups in total. The fourth-order valence-electron chi connectivity index (χ4n) is 3.65. The number of ether oxygens (including phenoxy) is 1. The molecular formula is C23H20N2O5S2. The van der Waals surface area contributed by atoms with Crippen molar-refractivity contribution in [1.82, 2.24) is 4.98 Å². The number of carbonyl (C=O) groups is 3. The average molecular weight is 469 g/mol. The van der Waals surface area contributed by atoms with Crippen LogP contribution in [0.25, 0.3) is 5.76 Å². The summed E-state index contributed by atoms with van der Waals surface area (Å²) in [6.07, 6.45) is 0. The third kappa shape index (κ3) is 3.53. The predicted molar refractivity (Wildman–Crippen MR) is 123 cm³/mol. The molecule has 4 rings (SSSR count). The molecule has 1 atom stereocenters. The number of Topliss-reactive ketones (excluding diaryl/α,β-unsaturated/α-hetero) is 1. The molecule has 0 bridgehead atoms. The quantitative estimate of drug-likeness (QED) is 0.261. The maximum Gasteiger partial charge on any atom is 0.350 e. The summed E-state index contributed by atoms with van der Waals surface area (Å²) >= 11 is 2.34. The third-order valence-corrected chi connectivity index (χ3v) is 7.33. The van der Waals surface area contributed by atoms with E-state index in [0.717, 1.165) is 22.5 Å². The van der Waals surface area contributed by atoms with Crippen LogP contribution in [-0.2, 0) is 14.3 Å². The van der Waals surface area contributed by atoms with Crippen LogP contribution in [0.2, 0.25) is 0 Å². The van der Waals surface area contributed by atoms with Gasteiger partial charge in [-0.1, -0.05) is 35.1 Å². The van der Waals surface area contributed by atoms with E-state index in [9.17, 15) is 19.5 Å². The predicted octanol–water partition coefficient (Wildman–Crippen LogP) is 4.54. The number of aryl methyl sites for hydroxylation is 3. The van der Waals surface area contributed by atoms with Crippen molar-refractivity contribution in [3.05, 3.63) is 73.4 Å². The Morgan fingerprint density at radius 3 is 2.59 bits per heavy atom. The minimum atomic E-state index is -0.856. The Balaban J connectivity index is 1.94. The van der Waals surface area contributed by atoms with Gasteiger partial charge in [-0.05, 0) is 43.8 Å². The normalized spacial score (nSPS) is 17.8. The van der Waals surface area contributed by atoms with Crippen molar-refractivity contribution in [1.29, 1.82) is 0 Å². The highest BCUT2D eigenvalue weighted by Crippen LogP contribution is 2.45. The van der Waals surface area contributed by atoms with Crippen molar-refractivity contribution in [3.63, 3.8) is 0 Å². The number of aliphatic hydroxyl groups is 1.